The predicted octanol–water partition coefficient (Wildman–Crippen LogP) is 4.74. The first kappa shape index (κ1) is 18.9. The predicted molar refractivity (Wildman–Crippen MR) is 99.9 cm³/mol. The van der Waals surface area contributed by atoms with Gasteiger partial charge in [-0.15, -0.1) is 0 Å². The van der Waals surface area contributed by atoms with E-state index < -0.39 is 0 Å². The number of hydrogen-bond donors (Lipinski definition) is 1. The Balaban J connectivity index is 1.91. The maximum atomic E-state index is 11.4. The molecule has 2 saturated carbocycles. The Morgan fingerprint density at radius 2 is 2.04 bits per heavy atom. The molecule has 1 N–H and O–H groups in total. The lowest BCUT2D eigenvalue weighted by Crippen LogP contribution is -2.55. The van der Waals surface area contributed by atoms with Gasteiger partial charge in [0.15, 0.2) is 0 Å². The number of fused-ring (bicyclic) bond motifs is 3. The van der Waals surface area contributed by atoms with Crippen molar-refractivity contribution in [2.75, 3.05) is 6.61 Å². The summed E-state index contributed by atoms with van der Waals surface area (Å²) in [7, 11) is 0. The monoisotopic (exact) mass is 348 g/mol. The number of carbonyl (C=O) groups excluding carboxylic acids is 1. The summed E-state index contributed by atoms with van der Waals surface area (Å²) in [4.78, 5) is 11.4. The van der Waals surface area contributed by atoms with Crippen molar-refractivity contribution in [3.05, 3.63) is 11.6 Å². The van der Waals surface area contributed by atoms with Gasteiger partial charge in [-0.05, 0) is 66.8 Å². The van der Waals surface area contributed by atoms with Gasteiger partial charge in [0, 0.05) is 12.3 Å². The lowest BCUT2D eigenvalue weighted by Gasteiger charge is -2.60. The summed E-state index contributed by atoms with van der Waals surface area (Å²) in [6.07, 6.45) is 8.87. The summed E-state index contributed by atoms with van der Waals surface area (Å²) in [5.74, 6) is 1.97. The third-order valence-electron chi connectivity index (χ3n) is 7.80. The number of allylic oxidation sites excluding steroid dienone is 1. The molecule has 0 saturated heterocycles. The van der Waals surface area contributed by atoms with Gasteiger partial charge in [0.1, 0.15) is 0 Å². The summed E-state index contributed by atoms with van der Waals surface area (Å²) in [5.41, 5.74) is 1.53. The molecule has 0 amide bonds. The van der Waals surface area contributed by atoms with Crippen molar-refractivity contribution in [3.8, 4) is 0 Å². The van der Waals surface area contributed by atoms with Crippen molar-refractivity contribution in [1.29, 1.82) is 0 Å². The average Bonchev–Trinajstić information content (AvgIpc) is 2.55. The lowest BCUT2D eigenvalue weighted by molar-refractivity contribution is -0.156. The normalized spacial score (nSPS) is 43.9. The number of esters is 1. The summed E-state index contributed by atoms with van der Waals surface area (Å²) >= 11 is 0. The second-order valence-corrected chi connectivity index (χ2v) is 9.80. The number of ether oxygens (including phenoxy) is 1. The third-order valence-corrected chi connectivity index (χ3v) is 7.80. The maximum Gasteiger partial charge on any atom is 0.302 e. The number of aliphatic hydroxyl groups excluding tert-OH is 1. The molecule has 3 rings (SSSR count). The molecule has 0 aliphatic heterocycles. The molecule has 0 bridgehead atoms. The van der Waals surface area contributed by atoms with Crippen LogP contribution in [0.2, 0.25) is 0 Å². The average molecular weight is 349 g/mol. The van der Waals surface area contributed by atoms with Crippen LogP contribution in [-0.4, -0.2) is 23.8 Å². The van der Waals surface area contributed by atoms with Crippen LogP contribution >= 0.6 is 0 Å². The van der Waals surface area contributed by atoms with Crippen LogP contribution in [0.15, 0.2) is 11.6 Å². The fourth-order valence-corrected chi connectivity index (χ4v) is 6.34. The number of hydrogen-bond acceptors (Lipinski definition) is 3. The fraction of sp³-hybridized carbons (Fsp3) is 0.864. The van der Waals surface area contributed by atoms with E-state index in [0.717, 1.165) is 12.8 Å². The minimum atomic E-state index is -0.320. The number of aliphatic hydroxyl groups is 1. The molecule has 6 atom stereocenters. The van der Waals surface area contributed by atoms with Crippen LogP contribution in [0.25, 0.3) is 0 Å². The fourth-order valence-electron chi connectivity index (χ4n) is 6.34. The van der Waals surface area contributed by atoms with E-state index in [1.807, 2.05) is 0 Å². The molecule has 0 aromatic heterocycles. The van der Waals surface area contributed by atoms with Gasteiger partial charge in [0.2, 0.25) is 0 Å². The quantitative estimate of drug-likeness (QED) is 0.592. The van der Waals surface area contributed by atoms with Crippen molar-refractivity contribution < 1.29 is 14.6 Å². The van der Waals surface area contributed by atoms with E-state index in [9.17, 15) is 9.90 Å². The summed E-state index contributed by atoms with van der Waals surface area (Å²) in [6, 6.07) is 0. The summed E-state index contributed by atoms with van der Waals surface area (Å²) in [5, 5.41) is 11.0. The topological polar surface area (TPSA) is 46.5 Å². The van der Waals surface area contributed by atoms with E-state index in [2.05, 4.69) is 33.8 Å². The minimum Gasteiger partial charge on any atom is -0.465 e. The molecule has 3 aliphatic rings. The van der Waals surface area contributed by atoms with Crippen LogP contribution < -0.4 is 0 Å². The smallest absolute Gasteiger partial charge is 0.302 e. The van der Waals surface area contributed by atoms with Gasteiger partial charge in [0.25, 0.3) is 0 Å². The molecular formula is C22H36O3. The zero-order valence-electron chi connectivity index (χ0n) is 16.7. The molecule has 0 unspecified atom stereocenters. The molecular weight excluding hydrogens is 312 g/mol. The summed E-state index contributed by atoms with van der Waals surface area (Å²) in [6.45, 7) is 11.3. The van der Waals surface area contributed by atoms with E-state index in [1.165, 1.54) is 38.2 Å². The van der Waals surface area contributed by atoms with Crippen LogP contribution in [0, 0.1) is 34.5 Å². The Labute approximate surface area is 153 Å². The number of rotatable bonds is 3. The molecule has 3 aliphatic carbocycles. The molecule has 142 valence electrons. The van der Waals surface area contributed by atoms with Gasteiger partial charge >= 0.3 is 5.97 Å². The highest BCUT2D eigenvalue weighted by atomic mass is 16.5. The van der Waals surface area contributed by atoms with Crippen molar-refractivity contribution in [3.63, 3.8) is 0 Å². The maximum absolute atomic E-state index is 11.4. The minimum absolute atomic E-state index is 0.0138. The van der Waals surface area contributed by atoms with Gasteiger partial charge in [0.05, 0.1) is 12.7 Å². The van der Waals surface area contributed by atoms with Gasteiger partial charge in [-0.25, -0.2) is 0 Å². The van der Waals surface area contributed by atoms with E-state index >= 15 is 0 Å². The Hall–Kier alpha value is -0.830. The summed E-state index contributed by atoms with van der Waals surface area (Å²) < 4.78 is 5.46. The molecule has 0 radical (unpaired) electrons. The number of carbonyl (C=O) groups is 1. The second-order valence-electron chi connectivity index (χ2n) is 9.80. The van der Waals surface area contributed by atoms with Crippen LogP contribution in [0.4, 0.5) is 0 Å². The van der Waals surface area contributed by atoms with Gasteiger partial charge in [-0.3, -0.25) is 4.79 Å². The Bertz CT molecular complexity index is 551. The molecule has 0 heterocycles. The van der Waals surface area contributed by atoms with Crippen molar-refractivity contribution in [2.24, 2.45) is 34.5 Å². The van der Waals surface area contributed by atoms with Gasteiger partial charge in [-0.1, -0.05) is 40.2 Å². The van der Waals surface area contributed by atoms with Crippen molar-refractivity contribution >= 4 is 5.97 Å². The third kappa shape index (κ3) is 3.29. The Morgan fingerprint density at radius 3 is 2.68 bits per heavy atom. The Morgan fingerprint density at radius 1 is 1.32 bits per heavy atom. The largest absolute Gasteiger partial charge is 0.465 e. The molecule has 25 heavy (non-hydrogen) atoms. The van der Waals surface area contributed by atoms with E-state index in [4.69, 9.17) is 4.74 Å². The zero-order valence-corrected chi connectivity index (χ0v) is 16.7. The highest BCUT2D eigenvalue weighted by molar-refractivity contribution is 5.65. The van der Waals surface area contributed by atoms with Crippen molar-refractivity contribution in [2.45, 2.75) is 79.2 Å². The first-order chi connectivity index (χ1) is 11.7. The van der Waals surface area contributed by atoms with Crippen LogP contribution in [-0.2, 0) is 9.53 Å². The second kappa shape index (κ2) is 6.72. The van der Waals surface area contributed by atoms with Crippen LogP contribution in [0.5, 0.6) is 0 Å². The SMILES string of the molecule is CC(=O)OC[C@]1(C)CCC[C@]2(C)[C@H]3CC[C@@H](C(C)C)C=C3[C@H](O)C[C@@H]12. The van der Waals surface area contributed by atoms with Gasteiger partial charge < -0.3 is 9.84 Å². The van der Waals surface area contributed by atoms with Gasteiger partial charge in [-0.2, -0.15) is 0 Å². The first-order valence-corrected chi connectivity index (χ1v) is 10.2. The highest BCUT2D eigenvalue weighted by Crippen LogP contribution is 2.63. The molecule has 3 heteroatoms. The van der Waals surface area contributed by atoms with E-state index in [-0.39, 0.29) is 22.9 Å². The lowest BCUT2D eigenvalue weighted by atomic mass is 9.45. The molecule has 0 aromatic carbocycles. The van der Waals surface area contributed by atoms with E-state index in [0.29, 0.717) is 30.3 Å². The van der Waals surface area contributed by atoms with Crippen LogP contribution in [0.1, 0.15) is 73.1 Å². The highest BCUT2D eigenvalue weighted by Gasteiger charge is 2.57. The zero-order chi connectivity index (χ0) is 18.4. The molecule has 3 nitrogen and oxygen atoms in total. The standard InChI is InChI=1S/C22H36O3/c1-14(2)16-7-8-18-17(11-16)19(24)12-20-21(4,13-25-15(3)23)9-6-10-22(18,20)5/h11,14,16,18-20,24H,6-10,12-13H2,1-5H3/t16-,18+,19-,20+,21+,22-/m1/s1. The van der Waals surface area contributed by atoms with Crippen molar-refractivity contribution in [1.82, 2.24) is 0 Å². The van der Waals surface area contributed by atoms with Crippen LogP contribution in [0.3, 0.4) is 0 Å². The molecule has 0 aromatic rings. The molecule has 0 spiro atoms. The Kier molecular flexibility index (Phi) is 5.09. The molecule has 2 fully saturated rings. The first-order valence-electron chi connectivity index (χ1n) is 10.2. The van der Waals surface area contributed by atoms with E-state index in [1.54, 1.807) is 0 Å².